The SMILES string of the molecule is CCC1COc2nc3cc(C)sc3c(=O)n21. The summed E-state index contributed by atoms with van der Waals surface area (Å²) in [5.74, 6) is 0. The average molecular weight is 236 g/mol. The molecule has 3 heterocycles. The largest absolute Gasteiger partial charge is 0.462 e. The quantitative estimate of drug-likeness (QED) is 0.761. The van der Waals surface area contributed by atoms with Gasteiger partial charge in [-0.25, -0.2) is 0 Å². The molecule has 84 valence electrons. The number of nitrogens with zero attached hydrogens (tertiary/aromatic N) is 2. The summed E-state index contributed by atoms with van der Waals surface area (Å²) in [4.78, 5) is 17.8. The van der Waals surface area contributed by atoms with E-state index in [0.717, 1.165) is 21.5 Å². The van der Waals surface area contributed by atoms with Gasteiger partial charge in [-0.05, 0) is 19.4 Å². The molecule has 0 bridgehead atoms. The number of aromatic nitrogens is 2. The van der Waals surface area contributed by atoms with Crippen LogP contribution in [0.5, 0.6) is 6.01 Å². The Morgan fingerprint density at radius 2 is 2.50 bits per heavy atom. The molecule has 0 spiro atoms. The number of aryl methyl sites for hydroxylation is 1. The van der Waals surface area contributed by atoms with Crippen molar-refractivity contribution in [2.75, 3.05) is 6.61 Å². The summed E-state index contributed by atoms with van der Waals surface area (Å²) in [6, 6.07) is 2.55. The van der Waals surface area contributed by atoms with Crippen LogP contribution in [0.2, 0.25) is 0 Å². The molecule has 1 atom stereocenters. The summed E-state index contributed by atoms with van der Waals surface area (Å²) in [5, 5.41) is 0. The van der Waals surface area contributed by atoms with Crippen LogP contribution in [-0.2, 0) is 0 Å². The third kappa shape index (κ3) is 1.21. The highest BCUT2D eigenvalue weighted by atomic mass is 32.1. The zero-order chi connectivity index (χ0) is 11.3. The molecule has 0 saturated heterocycles. The van der Waals surface area contributed by atoms with Crippen molar-refractivity contribution in [3.63, 3.8) is 0 Å². The first-order chi connectivity index (χ1) is 7.70. The maximum Gasteiger partial charge on any atom is 0.300 e. The molecule has 16 heavy (non-hydrogen) atoms. The molecule has 1 aliphatic rings. The molecule has 1 aliphatic heterocycles. The van der Waals surface area contributed by atoms with Crippen LogP contribution >= 0.6 is 11.3 Å². The highest BCUT2D eigenvalue weighted by Gasteiger charge is 2.26. The minimum Gasteiger partial charge on any atom is -0.462 e. The second-order valence-electron chi connectivity index (χ2n) is 4.01. The standard InChI is InChI=1S/C11H12N2O2S/c1-3-7-5-15-11-12-8-4-6(2)16-9(8)10(14)13(7)11/h4,7H,3,5H2,1-2H3. The van der Waals surface area contributed by atoms with Gasteiger partial charge >= 0.3 is 0 Å². The number of hydrogen-bond donors (Lipinski definition) is 0. The van der Waals surface area contributed by atoms with Crippen LogP contribution in [-0.4, -0.2) is 16.2 Å². The van der Waals surface area contributed by atoms with Gasteiger partial charge in [0.1, 0.15) is 11.3 Å². The van der Waals surface area contributed by atoms with Gasteiger partial charge in [0.15, 0.2) is 0 Å². The van der Waals surface area contributed by atoms with E-state index in [1.165, 1.54) is 11.3 Å². The van der Waals surface area contributed by atoms with Crippen LogP contribution < -0.4 is 10.3 Å². The van der Waals surface area contributed by atoms with E-state index < -0.39 is 0 Å². The van der Waals surface area contributed by atoms with Gasteiger partial charge in [0.2, 0.25) is 0 Å². The molecule has 0 aliphatic carbocycles. The predicted octanol–water partition coefficient (Wildman–Crippen LogP) is 2.11. The van der Waals surface area contributed by atoms with Crippen LogP contribution in [0.4, 0.5) is 0 Å². The van der Waals surface area contributed by atoms with Crippen molar-refractivity contribution >= 4 is 21.6 Å². The molecular formula is C11H12N2O2S. The first-order valence-corrected chi connectivity index (χ1v) is 6.18. The number of thiophene rings is 1. The summed E-state index contributed by atoms with van der Waals surface area (Å²) in [7, 11) is 0. The van der Waals surface area contributed by atoms with Crippen LogP contribution in [0.15, 0.2) is 10.9 Å². The molecule has 0 amide bonds. The van der Waals surface area contributed by atoms with Crippen LogP contribution in [0, 0.1) is 6.92 Å². The van der Waals surface area contributed by atoms with Crippen LogP contribution in [0.25, 0.3) is 10.2 Å². The lowest BCUT2D eigenvalue weighted by atomic mass is 10.2. The molecule has 5 heteroatoms. The van der Waals surface area contributed by atoms with Crippen molar-refractivity contribution in [2.24, 2.45) is 0 Å². The number of fused-ring (bicyclic) bond motifs is 2. The lowest BCUT2D eigenvalue weighted by molar-refractivity contribution is 0.317. The summed E-state index contributed by atoms with van der Waals surface area (Å²) in [5.41, 5.74) is 0.804. The summed E-state index contributed by atoms with van der Waals surface area (Å²) in [6.07, 6.45) is 0.893. The predicted molar refractivity (Wildman–Crippen MR) is 63.4 cm³/mol. The number of rotatable bonds is 1. The maximum atomic E-state index is 12.3. The minimum atomic E-state index is 0.0439. The Morgan fingerprint density at radius 3 is 3.25 bits per heavy atom. The maximum absolute atomic E-state index is 12.3. The Kier molecular flexibility index (Phi) is 2.04. The molecule has 1 unspecified atom stereocenters. The zero-order valence-electron chi connectivity index (χ0n) is 9.19. The molecule has 0 radical (unpaired) electrons. The zero-order valence-corrected chi connectivity index (χ0v) is 10.0. The van der Waals surface area contributed by atoms with E-state index >= 15 is 0 Å². The van der Waals surface area contributed by atoms with E-state index in [2.05, 4.69) is 11.9 Å². The summed E-state index contributed by atoms with van der Waals surface area (Å²) < 4.78 is 7.89. The van der Waals surface area contributed by atoms with Crippen LogP contribution in [0.1, 0.15) is 24.3 Å². The van der Waals surface area contributed by atoms with Gasteiger partial charge < -0.3 is 4.74 Å². The molecule has 3 rings (SSSR count). The summed E-state index contributed by atoms with van der Waals surface area (Å²) in [6.45, 7) is 4.61. The van der Waals surface area contributed by atoms with Crippen molar-refractivity contribution < 1.29 is 4.74 Å². The Hall–Kier alpha value is -1.36. The molecule has 0 saturated carbocycles. The van der Waals surface area contributed by atoms with E-state index in [9.17, 15) is 4.79 Å². The highest BCUT2D eigenvalue weighted by Crippen LogP contribution is 2.28. The van der Waals surface area contributed by atoms with E-state index in [1.807, 2.05) is 13.0 Å². The van der Waals surface area contributed by atoms with Crippen LogP contribution in [0.3, 0.4) is 0 Å². The molecule has 4 nitrogen and oxygen atoms in total. The fourth-order valence-electron chi connectivity index (χ4n) is 2.06. The molecule has 0 fully saturated rings. The van der Waals surface area contributed by atoms with Gasteiger partial charge in [0, 0.05) is 4.88 Å². The first-order valence-electron chi connectivity index (χ1n) is 5.36. The second kappa shape index (κ2) is 3.31. The van der Waals surface area contributed by atoms with Crippen molar-refractivity contribution in [3.8, 4) is 6.01 Å². The van der Waals surface area contributed by atoms with Crippen molar-refractivity contribution in [1.82, 2.24) is 9.55 Å². The first kappa shape index (κ1) is 9.84. The monoisotopic (exact) mass is 236 g/mol. The normalized spacial score (nSPS) is 18.8. The smallest absolute Gasteiger partial charge is 0.300 e. The molecule has 2 aromatic rings. The molecule has 2 aromatic heterocycles. The third-order valence-electron chi connectivity index (χ3n) is 2.91. The van der Waals surface area contributed by atoms with Gasteiger partial charge in [0.05, 0.1) is 11.6 Å². The van der Waals surface area contributed by atoms with E-state index in [4.69, 9.17) is 4.74 Å². The van der Waals surface area contributed by atoms with E-state index in [0.29, 0.717) is 12.6 Å². The fourth-order valence-corrected chi connectivity index (χ4v) is 2.95. The van der Waals surface area contributed by atoms with Gasteiger partial charge in [-0.15, -0.1) is 11.3 Å². The Balaban J connectivity index is 2.36. The average Bonchev–Trinajstić information content (AvgIpc) is 2.81. The van der Waals surface area contributed by atoms with Gasteiger partial charge in [-0.3, -0.25) is 9.36 Å². The minimum absolute atomic E-state index is 0.0439. The molecular weight excluding hydrogens is 224 g/mol. The Labute approximate surface area is 96.5 Å². The molecule has 0 aromatic carbocycles. The fraction of sp³-hybridized carbons (Fsp3) is 0.455. The lowest BCUT2D eigenvalue weighted by Crippen LogP contribution is -2.21. The molecule has 0 N–H and O–H groups in total. The summed E-state index contributed by atoms with van der Waals surface area (Å²) >= 11 is 1.51. The highest BCUT2D eigenvalue weighted by molar-refractivity contribution is 7.18. The Bertz CT molecular complexity index is 614. The van der Waals surface area contributed by atoms with Crippen molar-refractivity contribution in [1.29, 1.82) is 0 Å². The van der Waals surface area contributed by atoms with Gasteiger partial charge in [-0.1, -0.05) is 6.92 Å². The van der Waals surface area contributed by atoms with E-state index in [-0.39, 0.29) is 11.6 Å². The number of ether oxygens (including phenoxy) is 1. The van der Waals surface area contributed by atoms with Crippen molar-refractivity contribution in [3.05, 3.63) is 21.3 Å². The van der Waals surface area contributed by atoms with Gasteiger partial charge in [-0.2, -0.15) is 4.98 Å². The van der Waals surface area contributed by atoms with Crippen molar-refractivity contribution in [2.45, 2.75) is 26.3 Å². The third-order valence-corrected chi connectivity index (χ3v) is 3.94. The lowest BCUT2D eigenvalue weighted by Gasteiger charge is -2.06. The van der Waals surface area contributed by atoms with E-state index in [1.54, 1.807) is 4.57 Å². The number of hydrogen-bond acceptors (Lipinski definition) is 4. The topological polar surface area (TPSA) is 44.1 Å². The van der Waals surface area contributed by atoms with Gasteiger partial charge in [0.25, 0.3) is 11.6 Å². The second-order valence-corrected chi connectivity index (χ2v) is 5.27. The Morgan fingerprint density at radius 1 is 1.69 bits per heavy atom.